The first-order chi connectivity index (χ1) is 6.74. The van der Waals surface area contributed by atoms with Crippen molar-refractivity contribution in [2.75, 3.05) is 0 Å². The first kappa shape index (κ1) is 11.8. The van der Waals surface area contributed by atoms with Gasteiger partial charge in [-0.1, -0.05) is 43.8 Å². The van der Waals surface area contributed by atoms with Crippen molar-refractivity contribution in [3.63, 3.8) is 0 Å². The highest BCUT2D eigenvalue weighted by Gasteiger charge is 2.16. The molecular weight excluding hydrogens is 168 g/mol. The van der Waals surface area contributed by atoms with Crippen molar-refractivity contribution < 1.29 is 0 Å². The van der Waals surface area contributed by atoms with E-state index in [0.717, 1.165) is 5.92 Å². The second kappa shape index (κ2) is 6.27. The van der Waals surface area contributed by atoms with E-state index in [1.807, 2.05) is 0 Å². The summed E-state index contributed by atoms with van der Waals surface area (Å²) >= 11 is 0. The minimum atomic E-state index is 1.05. The molecule has 0 bridgehead atoms. The van der Waals surface area contributed by atoms with Crippen LogP contribution in [0.25, 0.3) is 0 Å². The van der Waals surface area contributed by atoms with Crippen molar-refractivity contribution in [3.05, 3.63) is 11.1 Å². The number of unbranched alkanes of at least 4 members (excludes halogenated alkanes) is 2. The van der Waals surface area contributed by atoms with Crippen molar-refractivity contribution >= 4 is 0 Å². The molecule has 0 radical (unpaired) electrons. The maximum atomic E-state index is 2.29. The SMILES string of the molecule is CCCCCC1CCC(=C(C)C)CC1. The fraction of sp³-hybridized carbons (Fsp3) is 0.857. The minimum absolute atomic E-state index is 1.05. The van der Waals surface area contributed by atoms with E-state index in [2.05, 4.69) is 20.8 Å². The van der Waals surface area contributed by atoms with Crippen LogP contribution >= 0.6 is 0 Å². The molecule has 82 valence electrons. The Morgan fingerprint density at radius 3 is 2.29 bits per heavy atom. The van der Waals surface area contributed by atoms with Gasteiger partial charge in [-0.2, -0.15) is 0 Å². The molecule has 0 aromatic carbocycles. The lowest BCUT2D eigenvalue weighted by molar-refractivity contribution is 0.368. The second-order valence-electron chi connectivity index (χ2n) is 5.04. The molecule has 14 heavy (non-hydrogen) atoms. The predicted octanol–water partition coefficient (Wildman–Crippen LogP) is 5.09. The third-order valence-electron chi connectivity index (χ3n) is 3.63. The van der Waals surface area contributed by atoms with Crippen LogP contribution in [0.15, 0.2) is 11.1 Å². The van der Waals surface area contributed by atoms with Crippen LogP contribution < -0.4 is 0 Å². The fourth-order valence-corrected chi connectivity index (χ4v) is 2.50. The highest BCUT2D eigenvalue weighted by Crippen LogP contribution is 2.32. The maximum absolute atomic E-state index is 2.29. The predicted molar refractivity (Wildman–Crippen MR) is 64.5 cm³/mol. The summed E-state index contributed by atoms with van der Waals surface area (Å²) in [5, 5.41) is 0. The summed E-state index contributed by atoms with van der Waals surface area (Å²) in [6.07, 6.45) is 11.5. The molecule has 0 aliphatic heterocycles. The summed E-state index contributed by atoms with van der Waals surface area (Å²) in [5.74, 6) is 1.05. The Labute approximate surface area is 89.8 Å². The second-order valence-corrected chi connectivity index (χ2v) is 5.04. The van der Waals surface area contributed by atoms with E-state index in [4.69, 9.17) is 0 Å². The molecule has 0 aromatic rings. The number of hydrogen-bond donors (Lipinski definition) is 0. The molecule has 1 rings (SSSR count). The molecule has 0 heteroatoms. The standard InChI is InChI=1S/C14H26/c1-4-5-6-7-13-8-10-14(11-9-13)12(2)3/h13H,4-11H2,1-3H3. The van der Waals surface area contributed by atoms with Crippen LogP contribution in [0.4, 0.5) is 0 Å². The lowest BCUT2D eigenvalue weighted by Gasteiger charge is -2.24. The normalized spacial score (nSPS) is 22.5. The van der Waals surface area contributed by atoms with Gasteiger partial charge in [0.15, 0.2) is 0 Å². The molecular formula is C14H26. The monoisotopic (exact) mass is 194 g/mol. The van der Waals surface area contributed by atoms with Crippen LogP contribution in [-0.2, 0) is 0 Å². The smallest absolute Gasteiger partial charge is 0.0315 e. The van der Waals surface area contributed by atoms with E-state index in [1.165, 1.54) is 51.4 Å². The lowest BCUT2D eigenvalue weighted by Crippen LogP contribution is -2.08. The summed E-state index contributed by atoms with van der Waals surface area (Å²) in [6, 6.07) is 0. The summed E-state index contributed by atoms with van der Waals surface area (Å²) in [4.78, 5) is 0. The van der Waals surface area contributed by atoms with E-state index in [9.17, 15) is 0 Å². The van der Waals surface area contributed by atoms with Gasteiger partial charge in [-0.05, 0) is 45.4 Å². The molecule has 0 atom stereocenters. The molecule has 0 heterocycles. The molecule has 1 fully saturated rings. The summed E-state index contributed by atoms with van der Waals surface area (Å²) in [7, 11) is 0. The van der Waals surface area contributed by atoms with Crippen LogP contribution in [0.1, 0.15) is 72.1 Å². The Bertz CT molecular complexity index is 174. The molecule has 1 aliphatic carbocycles. The number of rotatable bonds is 4. The summed E-state index contributed by atoms with van der Waals surface area (Å²) < 4.78 is 0. The Kier molecular flexibility index (Phi) is 5.29. The van der Waals surface area contributed by atoms with Gasteiger partial charge in [-0.25, -0.2) is 0 Å². The van der Waals surface area contributed by atoms with E-state index < -0.39 is 0 Å². The van der Waals surface area contributed by atoms with Gasteiger partial charge in [0.1, 0.15) is 0 Å². The molecule has 0 unspecified atom stereocenters. The first-order valence-corrected chi connectivity index (χ1v) is 6.39. The van der Waals surface area contributed by atoms with Gasteiger partial charge in [-0.3, -0.25) is 0 Å². The van der Waals surface area contributed by atoms with E-state index in [1.54, 1.807) is 11.1 Å². The zero-order valence-electron chi connectivity index (χ0n) is 10.2. The summed E-state index contributed by atoms with van der Waals surface area (Å²) in [6.45, 7) is 6.83. The van der Waals surface area contributed by atoms with Crippen LogP contribution in [0, 0.1) is 5.92 Å². The molecule has 1 saturated carbocycles. The van der Waals surface area contributed by atoms with Crippen LogP contribution in [0.5, 0.6) is 0 Å². The lowest BCUT2D eigenvalue weighted by atomic mass is 9.81. The molecule has 0 saturated heterocycles. The minimum Gasteiger partial charge on any atom is -0.0772 e. The molecule has 0 nitrogen and oxygen atoms in total. The van der Waals surface area contributed by atoms with Gasteiger partial charge in [0.05, 0.1) is 0 Å². The average molecular weight is 194 g/mol. The molecule has 0 spiro atoms. The highest BCUT2D eigenvalue weighted by molar-refractivity contribution is 5.11. The summed E-state index contributed by atoms with van der Waals surface area (Å²) in [5.41, 5.74) is 3.33. The Hall–Kier alpha value is -0.260. The Morgan fingerprint density at radius 1 is 1.14 bits per heavy atom. The molecule has 0 N–H and O–H groups in total. The maximum Gasteiger partial charge on any atom is -0.0315 e. The number of allylic oxidation sites excluding steroid dienone is 2. The zero-order chi connectivity index (χ0) is 10.4. The Balaban J connectivity index is 2.19. The third kappa shape index (κ3) is 3.86. The van der Waals surface area contributed by atoms with E-state index in [-0.39, 0.29) is 0 Å². The third-order valence-corrected chi connectivity index (χ3v) is 3.63. The van der Waals surface area contributed by atoms with Gasteiger partial charge in [0, 0.05) is 0 Å². The van der Waals surface area contributed by atoms with Crippen LogP contribution in [0.3, 0.4) is 0 Å². The zero-order valence-corrected chi connectivity index (χ0v) is 10.2. The molecule has 0 amide bonds. The van der Waals surface area contributed by atoms with E-state index in [0.29, 0.717) is 0 Å². The van der Waals surface area contributed by atoms with Crippen molar-refractivity contribution in [2.24, 2.45) is 5.92 Å². The van der Waals surface area contributed by atoms with Gasteiger partial charge >= 0.3 is 0 Å². The largest absolute Gasteiger partial charge is 0.0772 e. The fourth-order valence-electron chi connectivity index (χ4n) is 2.50. The van der Waals surface area contributed by atoms with E-state index >= 15 is 0 Å². The van der Waals surface area contributed by atoms with Crippen molar-refractivity contribution in [2.45, 2.75) is 72.1 Å². The highest BCUT2D eigenvalue weighted by atomic mass is 14.2. The van der Waals surface area contributed by atoms with Gasteiger partial charge in [0.2, 0.25) is 0 Å². The van der Waals surface area contributed by atoms with Crippen LogP contribution in [0.2, 0.25) is 0 Å². The molecule has 0 aromatic heterocycles. The first-order valence-electron chi connectivity index (χ1n) is 6.39. The quantitative estimate of drug-likeness (QED) is 0.432. The van der Waals surface area contributed by atoms with Gasteiger partial charge in [0.25, 0.3) is 0 Å². The number of hydrogen-bond acceptors (Lipinski definition) is 0. The van der Waals surface area contributed by atoms with Crippen LogP contribution in [-0.4, -0.2) is 0 Å². The molecule has 1 aliphatic rings. The van der Waals surface area contributed by atoms with Gasteiger partial charge < -0.3 is 0 Å². The van der Waals surface area contributed by atoms with Crippen molar-refractivity contribution in [1.29, 1.82) is 0 Å². The van der Waals surface area contributed by atoms with Gasteiger partial charge in [-0.15, -0.1) is 0 Å². The average Bonchev–Trinajstić information content (AvgIpc) is 2.19. The Morgan fingerprint density at radius 2 is 1.79 bits per heavy atom. The topological polar surface area (TPSA) is 0 Å². The van der Waals surface area contributed by atoms with Crippen molar-refractivity contribution in [3.8, 4) is 0 Å². The van der Waals surface area contributed by atoms with Crippen molar-refractivity contribution in [1.82, 2.24) is 0 Å².